The van der Waals surface area contributed by atoms with Crippen LogP contribution in [-0.2, 0) is 54.2 Å². The molecule has 0 radical (unpaired) electrons. The van der Waals surface area contributed by atoms with Crippen molar-refractivity contribution in [3.63, 3.8) is 0 Å². The number of nitrogens with one attached hydrogen (secondary N) is 1. The second-order valence-electron chi connectivity index (χ2n) is 19.8. The third kappa shape index (κ3) is 6.78. The van der Waals surface area contributed by atoms with Crippen molar-refractivity contribution >= 4 is 23.6 Å². The number of carbonyl (C=O) groups is 4. The molecule has 1 aromatic rings. The van der Waals surface area contributed by atoms with Gasteiger partial charge in [-0.05, 0) is 105 Å². The van der Waals surface area contributed by atoms with Crippen LogP contribution in [-0.4, -0.2) is 88.6 Å². The molecule has 1 aromatic carbocycles. The summed E-state index contributed by atoms with van der Waals surface area (Å²) in [5, 5.41) is 3.38. The molecular formula is C47H67NO10. The number of β-lactam (4-membered cyclic amide) rings is 1. The molecule has 1 spiro atoms. The van der Waals surface area contributed by atoms with Crippen LogP contribution in [0.4, 0.5) is 0 Å². The number of fused-ring (bicyclic) bond motifs is 6. The first-order chi connectivity index (χ1) is 27.5. The normalized spacial score (nSPS) is 40.0. The third-order valence-electron chi connectivity index (χ3n) is 16.9. The number of ether oxygens (including phenoxy) is 6. The molecule has 5 aliphatic carbocycles. The maximum absolute atomic E-state index is 15.0. The number of hydrogen-bond acceptors (Lipinski definition) is 10. The van der Waals surface area contributed by atoms with E-state index in [0.717, 1.165) is 37.7 Å². The molecule has 11 heteroatoms. The molecule has 0 aromatic heterocycles. The Morgan fingerprint density at radius 2 is 1.41 bits per heavy atom. The number of esters is 2. The Bertz CT molecular complexity index is 1770. The van der Waals surface area contributed by atoms with Gasteiger partial charge in [0, 0.05) is 18.4 Å². The lowest BCUT2D eigenvalue weighted by molar-refractivity contribution is -0.255. The van der Waals surface area contributed by atoms with E-state index in [1.807, 2.05) is 43.3 Å². The van der Waals surface area contributed by atoms with Crippen molar-refractivity contribution in [2.24, 2.45) is 44.3 Å². The minimum Gasteiger partial charge on any atom is -0.461 e. The molecule has 1 amide bonds. The average molecular weight is 806 g/mol. The number of rotatable bonds is 16. The molecule has 6 aliphatic rings. The van der Waals surface area contributed by atoms with Crippen molar-refractivity contribution in [3.05, 3.63) is 47.5 Å². The van der Waals surface area contributed by atoms with E-state index in [0.29, 0.717) is 65.3 Å². The third-order valence-corrected chi connectivity index (χ3v) is 16.9. The molecule has 1 heterocycles. The summed E-state index contributed by atoms with van der Waals surface area (Å²) < 4.78 is 33.6. The first kappa shape index (κ1) is 43.0. The number of carbonyl (C=O) groups excluding carboxylic acids is 4. The number of ketones is 1. The van der Waals surface area contributed by atoms with Crippen LogP contribution in [0.5, 0.6) is 0 Å². The maximum Gasteiger partial charge on any atom is 0.312 e. The van der Waals surface area contributed by atoms with Crippen molar-refractivity contribution in [3.8, 4) is 0 Å². The van der Waals surface area contributed by atoms with E-state index in [4.69, 9.17) is 28.4 Å². The lowest BCUT2D eigenvalue weighted by Crippen LogP contribution is -2.89. The van der Waals surface area contributed by atoms with Gasteiger partial charge in [-0.15, -0.1) is 0 Å². The van der Waals surface area contributed by atoms with Gasteiger partial charge >= 0.3 is 11.9 Å². The zero-order valence-electron chi connectivity index (χ0n) is 36.0. The fraction of sp³-hybridized carbons (Fsp3) is 0.745. The molecule has 1 aliphatic heterocycles. The van der Waals surface area contributed by atoms with Gasteiger partial charge in [-0.2, -0.15) is 0 Å². The van der Waals surface area contributed by atoms with Gasteiger partial charge in [0.1, 0.15) is 18.1 Å². The summed E-state index contributed by atoms with van der Waals surface area (Å²) in [6, 6.07) is 9.82. The van der Waals surface area contributed by atoms with Gasteiger partial charge < -0.3 is 33.7 Å². The molecule has 4 saturated carbocycles. The average Bonchev–Trinajstić information content (AvgIpc) is 3.20. The summed E-state index contributed by atoms with van der Waals surface area (Å²) >= 11 is 0. The molecular weight excluding hydrogens is 739 g/mol. The fourth-order valence-electron chi connectivity index (χ4n) is 13.0. The largest absolute Gasteiger partial charge is 0.461 e. The van der Waals surface area contributed by atoms with Crippen molar-refractivity contribution in [1.82, 2.24) is 5.32 Å². The smallest absolute Gasteiger partial charge is 0.312 e. The number of hydrogen-bond donors (Lipinski definition) is 1. The van der Waals surface area contributed by atoms with Gasteiger partial charge in [0.25, 0.3) is 0 Å². The van der Waals surface area contributed by atoms with Crippen LogP contribution in [0.1, 0.15) is 111 Å². The Labute approximate surface area is 345 Å². The number of benzene rings is 1. The highest BCUT2D eigenvalue weighted by Crippen LogP contribution is 2.77. The van der Waals surface area contributed by atoms with E-state index in [1.54, 1.807) is 7.11 Å². The predicted octanol–water partition coefficient (Wildman–Crippen LogP) is 6.94. The van der Waals surface area contributed by atoms with E-state index in [-0.39, 0.29) is 71.3 Å². The second kappa shape index (κ2) is 16.1. The molecule has 320 valence electrons. The Morgan fingerprint density at radius 1 is 0.759 bits per heavy atom. The number of methoxy groups -OCH3 is 1. The van der Waals surface area contributed by atoms with Crippen molar-refractivity contribution < 1.29 is 47.6 Å². The van der Waals surface area contributed by atoms with Gasteiger partial charge in [0.2, 0.25) is 5.91 Å². The van der Waals surface area contributed by atoms with Crippen molar-refractivity contribution in [1.29, 1.82) is 0 Å². The monoisotopic (exact) mass is 805 g/mol. The van der Waals surface area contributed by atoms with E-state index < -0.39 is 27.9 Å². The van der Waals surface area contributed by atoms with Crippen molar-refractivity contribution in [2.75, 3.05) is 53.4 Å². The maximum atomic E-state index is 15.0. The summed E-state index contributed by atoms with van der Waals surface area (Å²) in [6.45, 7) is 16.5. The minimum absolute atomic E-state index is 0.00537. The Kier molecular flexibility index (Phi) is 11.9. The number of allylic oxidation sites excluding steroid dienone is 2. The molecule has 0 unspecified atom stereocenters. The molecule has 1 saturated heterocycles. The van der Waals surface area contributed by atoms with Crippen LogP contribution in [0, 0.1) is 44.3 Å². The second-order valence-corrected chi connectivity index (χ2v) is 19.8. The Balaban J connectivity index is 1.04. The van der Waals surface area contributed by atoms with Crippen LogP contribution in [0.25, 0.3) is 0 Å². The van der Waals surface area contributed by atoms with E-state index in [9.17, 15) is 14.4 Å². The summed E-state index contributed by atoms with van der Waals surface area (Å²) in [4.78, 5) is 55.9. The van der Waals surface area contributed by atoms with Gasteiger partial charge in [0.15, 0.2) is 5.78 Å². The van der Waals surface area contributed by atoms with Crippen LogP contribution in [0.15, 0.2) is 42.0 Å². The summed E-state index contributed by atoms with van der Waals surface area (Å²) in [5.41, 5.74) is -1.27. The quantitative estimate of drug-likeness (QED) is 0.106. The van der Waals surface area contributed by atoms with Gasteiger partial charge in [0.05, 0.1) is 63.6 Å². The van der Waals surface area contributed by atoms with Crippen molar-refractivity contribution in [2.45, 2.75) is 124 Å². The van der Waals surface area contributed by atoms with E-state index in [2.05, 4.69) is 39.9 Å². The van der Waals surface area contributed by atoms with Crippen LogP contribution >= 0.6 is 0 Å². The van der Waals surface area contributed by atoms with Crippen LogP contribution < -0.4 is 5.32 Å². The predicted molar refractivity (Wildman–Crippen MR) is 216 cm³/mol. The molecule has 11 nitrogen and oxygen atoms in total. The Hall–Kier alpha value is -3.12. The molecule has 5 fully saturated rings. The zero-order chi connectivity index (χ0) is 41.6. The first-order valence-corrected chi connectivity index (χ1v) is 21.8. The summed E-state index contributed by atoms with van der Waals surface area (Å²) in [6.07, 6.45) is 8.46. The van der Waals surface area contributed by atoms with Gasteiger partial charge in [-0.3, -0.25) is 19.2 Å². The molecule has 58 heavy (non-hydrogen) atoms. The Morgan fingerprint density at radius 3 is 2.09 bits per heavy atom. The van der Waals surface area contributed by atoms with Gasteiger partial charge in [-0.1, -0.05) is 63.6 Å². The van der Waals surface area contributed by atoms with E-state index >= 15 is 4.79 Å². The number of amides is 1. The summed E-state index contributed by atoms with van der Waals surface area (Å²) in [7, 11) is 1.63. The highest BCUT2D eigenvalue weighted by atomic mass is 16.6. The highest BCUT2D eigenvalue weighted by molar-refractivity contribution is 5.98. The first-order valence-electron chi connectivity index (χ1n) is 21.8. The highest BCUT2D eigenvalue weighted by Gasteiger charge is 2.82. The minimum atomic E-state index is -0.960. The van der Waals surface area contributed by atoms with Crippen LogP contribution in [0.2, 0.25) is 0 Å². The molecule has 0 bridgehead atoms. The molecule has 1 N–H and O–H groups in total. The van der Waals surface area contributed by atoms with Crippen LogP contribution in [0.3, 0.4) is 0 Å². The van der Waals surface area contributed by atoms with Gasteiger partial charge in [-0.25, -0.2) is 0 Å². The zero-order valence-corrected chi connectivity index (χ0v) is 36.0. The topological polar surface area (TPSA) is 136 Å². The van der Waals surface area contributed by atoms with E-state index in [1.165, 1.54) is 5.57 Å². The lowest BCUT2D eigenvalue weighted by atomic mass is 9.30. The summed E-state index contributed by atoms with van der Waals surface area (Å²) in [5.74, 6) is -0.749. The molecule has 7 rings (SSSR count). The lowest BCUT2D eigenvalue weighted by Gasteiger charge is -2.77. The standard InChI is InChI=1S/C47H67NO10/c1-41-16-17-42(2,40(52)57-31-32-11-9-8-10-12-32)30-34(41)33-29-35(49)38-44(4,43(33,3)19-18-41)20-21-47-45(38,5)15-13-36(46(47,6)39(51)48-47)58-37(50)14-22-54-25-26-56-28-27-55-24-23-53-7/h8-12,29,34,36,38H,13-28,30-31H2,1-7H3,(H,48,51)/t34-,36-,38-,41+,42-,43+,44+,45+,46-,47-/m0/s1. The molecule has 10 atom stereocenters. The SMILES string of the molecule is COCCOCCOCCOCCC(=O)O[C@H]1CC[C@]2(C)[C@H]3C(=O)C=C4[C@@H]5C[C@@](C)(C(=O)OCc6ccccc6)CC[C@]5(C)CC[C@@]4(C)[C@]3(C)CC[C@]23NC(=O)[C@]13C. The fourth-order valence-corrected chi connectivity index (χ4v) is 13.0.